The van der Waals surface area contributed by atoms with Gasteiger partial charge in [-0.3, -0.25) is 0 Å². The lowest BCUT2D eigenvalue weighted by atomic mass is 9.93. The maximum absolute atomic E-state index is 11.5. The third-order valence-corrected chi connectivity index (χ3v) is 3.89. The minimum atomic E-state index is -0.846. The molecule has 0 fully saturated rings. The highest BCUT2D eigenvalue weighted by Crippen LogP contribution is 2.29. The Labute approximate surface area is 143 Å². The highest BCUT2D eigenvalue weighted by molar-refractivity contribution is 5.71. The van der Waals surface area contributed by atoms with Crippen LogP contribution in [0.2, 0.25) is 0 Å². The van der Waals surface area contributed by atoms with Gasteiger partial charge < -0.3 is 14.6 Å². The molecule has 0 bridgehead atoms. The molecule has 2 aromatic carbocycles. The molecule has 4 heteroatoms. The zero-order valence-electron chi connectivity index (χ0n) is 14.6. The molecule has 1 N–H and O–H groups in total. The monoisotopic (exact) mass is 328 g/mol. The van der Waals surface area contributed by atoms with Crippen LogP contribution in [0.1, 0.15) is 36.1 Å². The summed E-state index contributed by atoms with van der Waals surface area (Å²) in [6.07, 6.45) is 0. The van der Waals surface area contributed by atoms with Crippen LogP contribution in [-0.2, 0) is 21.7 Å². The zero-order valence-corrected chi connectivity index (χ0v) is 14.6. The molecular weight excluding hydrogens is 304 g/mol. The SMILES string of the molecule is Cc1ccc(C)c(OCc2ccccc2C(C)(C)OC(=O)CO)c1. The number of benzene rings is 2. The van der Waals surface area contributed by atoms with Crippen molar-refractivity contribution in [2.45, 2.75) is 39.9 Å². The Morgan fingerprint density at radius 3 is 2.54 bits per heavy atom. The average molecular weight is 328 g/mol. The van der Waals surface area contributed by atoms with Crippen LogP contribution in [0.5, 0.6) is 5.75 Å². The molecule has 2 rings (SSSR count). The molecule has 0 aliphatic carbocycles. The van der Waals surface area contributed by atoms with Gasteiger partial charge in [-0.25, -0.2) is 4.79 Å². The lowest BCUT2D eigenvalue weighted by Crippen LogP contribution is -2.28. The maximum atomic E-state index is 11.5. The van der Waals surface area contributed by atoms with Crippen molar-refractivity contribution in [2.24, 2.45) is 0 Å². The van der Waals surface area contributed by atoms with Gasteiger partial charge in [-0.2, -0.15) is 0 Å². The van der Waals surface area contributed by atoms with E-state index < -0.39 is 18.2 Å². The lowest BCUT2D eigenvalue weighted by Gasteiger charge is -2.27. The van der Waals surface area contributed by atoms with Gasteiger partial charge in [-0.05, 0) is 50.5 Å². The molecule has 0 amide bonds. The molecular formula is C20H24O4. The van der Waals surface area contributed by atoms with E-state index in [0.29, 0.717) is 6.61 Å². The van der Waals surface area contributed by atoms with Gasteiger partial charge in [0.25, 0.3) is 0 Å². The predicted octanol–water partition coefficient (Wildman–Crippen LogP) is 3.65. The van der Waals surface area contributed by atoms with Gasteiger partial charge in [0.2, 0.25) is 0 Å². The van der Waals surface area contributed by atoms with E-state index in [9.17, 15) is 4.79 Å². The Hall–Kier alpha value is -2.33. The first-order valence-corrected chi connectivity index (χ1v) is 7.94. The van der Waals surface area contributed by atoms with E-state index in [4.69, 9.17) is 14.6 Å². The van der Waals surface area contributed by atoms with Crippen molar-refractivity contribution >= 4 is 5.97 Å². The first-order chi connectivity index (χ1) is 11.3. The summed E-state index contributed by atoms with van der Waals surface area (Å²) in [5.41, 5.74) is 3.16. The number of hydrogen-bond donors (Lipinski definition) is 1. The van der Waals surface area contributed by atoms with Gasteiger partial charge in [-0.1, -0.05) is 36.4 Å². The number of aryl methyl sites for hydroxylation is 2. The van der Waals surface area contributed by atoms with Crippen LogP contribution in [0.4, 0.5) is 0 Å². The Morgan fingerprint density at radius 2 is 1.83 bits per heavy atom. The van der Waals surface area contributed by atoms with Crippen LogP contribution in [0, 0.1) is 13.8 Å². The van der Waals surface area contributed by atoms with Crippen molar-refractivity contribution in [1.82, 2.24) is 0 Å². The van der Waals surface area contributed by atoms with Crippen molar-refractivity contribution in [1.29, 1.82) is 0 Å². The van der Waals surface area contributed by atoms with Crippen LogP contribution < -0.4 is 4.74 Å². The van der Waals surface area contributed by atoms with Gasteiger partial charge >= 0.3 is 5.97 Å². The number of aliphatic hydroxyl groups is 1. The van der Waals surface area contributed by atoms with E-state index in [2.05, 4.69) is 0 Å². The van der Waals surface area contributed by atoms with Crippen LogP contribution in [0.15, 0.2) is 42.5 Å². The number of aliphatic hydroxyl groups excluding tert-OH is 1. The van der Waals surface area contributed by atoms with E-state index in [1.54, 1.807) is 13.8 Å². The summed E-state index contributed by atoms with van der Waals surface area (Å²) in [7, 11) is 0. The van der Waals surface area contributed by atoms with Crippen LogP contribution >= 0.6 is 0 Å². The molecule has 0 aliphatic rings. The number of carbonyl (C=O) groups excluding carboxylic acids is 1. The quantitative estimate of drug-likeness (QED) is 0.822. The smallest absolute Gasteiger partial charge is 0.332 e. The highest BCUT2D eigenvalue weighted by Gasteiger charge is 2.27. The largest absolute Gasteiger partial charge is 0.489 e. The fourth-order valence-corrected chi connectivity index (χ4v) is 2.62. The predicted molar refractivity (Wildman–Crippen MR) is 92.9 cm³/mol. The molecule has 128 valence electrons. The number of esters is 1. The number of ether oxygens (including phenoxy) is 2. The van der Waals surface area contributed by atoms with Gasteiger partial charge in [0, 0.05) is 5.56 Å². The summed E-state index contributed by atoms with van der Waals surface area (Å²) in [6, 6.07) is 13.8. The highest BCUT2D eigenvalue weighted by atomic mass is 16.6. The molecule has 0 atom stereocenters. The normalized spacial score (nSPS) is 11.2. The van der Waals surface area contributed by atoms with Crippen LogP contribution in [0.3, 0.4) is 0 Å². The second-order valence-corrected chi connectivity index (χ2v) is 6.36. The van der Waals surface area contributed by atoms with Gasteiger partial charge in [0.15, 0.2) is 0 Å². The topological polar surface area (TPSA) is 55.8 Å². The minimum Gasteiger partial charge on any atom is -0.489 e. The molecule has 0 unspecified atom stereocenters. The van der Waals surface area contributed by atoms with Crippen molar-refractivity contribution in [3.63, 3.8) is 0 Å². The van der Waals surface area contributed by atoms with Crippen molar-refractivity contribution < 1.29 is 19.4 Å². The van der Waals surface area contributed by atoms with E-state index in [0.717, 1.165) is 28.0 Å². The molecule has 0 saturated heterocycles. The number of rotatable bonds is 6. The Balaban J connectivity index is 2.22. The summed E-state index contributed by atoms with van der Waals surface area (Å²) >= 11 is 0. The first kappa shape index (κ1) is 18.0. The van der Waals surface area contributed by atoms with Crippen molar-refractivity contribution in [2.75, 3.05) is 6.61 Å². The molecule has 0 radical (unpaired) electrons. The molecule has 0 spiro atoms. The number of carbonyl (C=O) groups is 1. The van der Waals surface area contributed by atoms with Gasteiger partial charge in [0.1, 0.15) is 24.6 Å². The minimum absolute atomic E-state index is 0.376. The second kappa shape index (κ2) is 7.49. The lowest BCUT2D eigenvalue weighted by molar-refractivity contribution is -0.160. The third kappa shape index (κ3) is 4.36. The molecule has 2 aromatic rings. The summed E-state index contributed by atoms with van der Waals surface area (Å²) in [5.74, 6) is 0.195. The first-order valence-electron chi connectivity index (χ1n) is 7.94. The summed E-state index contributed by atoms with van der Waals surface area (Å²) < 4.78 is 11.3. The Kier molecular flexibility index (Phi) is 5.62. The second-order valence-electron chi connectivity index (χ2n) is 6.36. The van der Waals surface area contributed by atoms with Crippen molar-refractivity contribution in [3.05, 3.63) is 64.7 Å². The molecule has 0 saturated carbocycles. The molecule has 0 aromatic heterocycles. The molecule has 24 heavy (non-hydrogen) atoms. The molecule has 4 nitrogen and oxygen atoms in total. The van der Waals surface area contributed by atoms with Gasteiger partial charge in [0.05, 0.1) is 0 Å². The summed E-state index contributed by atoms with van der Waals surface area (Å²) in [4.78, 5) is 11.5. The Morgan fingerprint density at radius 1 is 1.12 bits per heavy atom. The van der Waals surface area contributed by atoms with Crippen molar-refractivity contribution in [3.8, 4) is 5.75 Å². The van der Waals surface area contributed by atoms with E-state index >= 15 is 0 Å². The van der Waals surface area contributed by atoms with E-state index in [1.165, 1.54) is 0 Å². The van der Waals surface area contributed by atoms with Gasteiger partial charge in [-0.15, -0.1) is 0 Å². The number of hydrogen-bond acceptors (Lipinski definition) is 4. The van der Waals surface area contributed by atoms with Crippen LogP contribution in [-0.4, -0.2) is 17.7 Å². The average Bonchev–Trinajstić information content (AvgIpc) is 2.55. The van der Waals surface area contributed by atoms with Crippen LogP contribution in [0.25, 0.3) is 0 Å². The van der Waals surface area contributed by atoms with E-state index in [-0.39, 0.29) is 0 Å². The zero-order chi connectivity index (χ0) is 17.7. The summed E-state index contributed by atoms with van der Waals surface area (Å²) in [6.45, 7) is 7.38. The fourth-order valence-electron chi connectivity index (χ4n) is 2.62. The fraction of sp³-hybridized carbons (Fsp3) is 0.350. The molecule has 0 aliphatic heterocycles. The third-order valence-electron chi connectivity index (χ3n) is 3.89. The molecule has 0 heterocycles. The van der Waals surface area contributed by atoms with E-state index in [1.807, 2.05) is 56.3 Å². The Bertz CT molecular complexity index is 719. The maximum Gasteiger partial charge on any atom is 0.332 e. The standard InChI is InChI=1S/C20H24O4/c1-14-9-10-15(2)18(11-14)23-13-16-7-5-6-8-17(16)20(3,4)24-19(22)12-21/h5-11,21H,12-13H2,1-4H3. The summed E-state index contributed by atoms with van der Waals surface area (Å²) in [5, 5.41) is 8.92.